The minimum Gasteiger partial charge on any atom is -0.378 e. The number of hydrogen-bond donors (Lipinski definition) is 2. The van der Waals surface area contributed by atoms with E-state index in [0.29, 0.717) is 6.54 Å². The van der Waals surface area contributed by atoms with Gasteiger partial charge in [-0.25, -0.2) is 0 Å². The maximum absolute atomic E-state index is 12.3. The second kappa shape index (κ2) is 10.6. The zero-order chi connectivity index (χ0) is 21.4. The summed E-state index contributed by atoms with van der Waals surface area (Å²) in [5, 5.41) is 5.60. The molecule has 0 aliphatic heterocycles. The van der Waals surface area contributed by atoms with Crippen LogP contribution >= 0.6 is 0 Å². The number of anilines is 2. The monoisotopic (exact) mass is 396 g/mol. The van der Waals surface area contributed by atoms with Crippen LogP contribution in [0.25, 0.3) is 0 Å². The van der Waals surface area contributed by atoms with Gasteiger partial charge < -0.3 is 15.5 Å². The highest BCUT2D eigenvalue weighted by molar-refractivity contribution is 5.95. The molecule has 2 amide bonds. The lowest BCUT2D eigenvalue weighted by atomic mass is 10.1. The number of carbonyl (C=O) groups excluding carboxylic acids is 2. The number of likely N-dealkylation sites (N-methyl/N-ethyl adjacent to an activating group) is 1. The molecule has 6 heteroatoms. The van der Waals surface area contributed by atoms with Crippen molar-refractivity contribution in [3.05, 3.63) is 59.2 Å². The Morgan fingerprint density at radius 2 is 1.55 bits per heavy atom. The molecule has 0 aliphatic rings. The van der Waals surface area contributed by atoms with Crippen molar-refractivity contribution in [2.24, 2.45) is 0 Å². The first kappa shape index (κ1) is 22.4. The molecule has 0 atom stereocenters. The Morgan fingerprint density at radius 1 is 0.931 bits per heavy atom. The van der Waals surface area contributed by atoms with Gasteiger partial charge in [-0.1, -0.05) is 37.3 Å². The Hall–Kier alpha value is -2.86. The first-order valence-corrected chi connectivity index (χ1v) is 9.91. The first-order chi connectivity index (χ1) is 13.8. The van der Waals surface area contributed by atoms with Crippen LogP contribution in [0.15, 0.2) is 42.5 Å². The van der Waals surface area contributed by atoms with E-state index in [2.05, 4.69) is 39.8 Å². The van der Waals surface area contributed by atoms with Crippen LogP contribution in [0.4, 0.5) is 11.4 Å². The summed E-state index contributed by atoms with van der Waals surface area (Å²) in [6.07, 6.45) is 0. The van der Waals surface area contributed by atoms with Crippen molar-refractivity contribution in [3.8, 4) is 0 Å². The highest BCUT2D eigenvalue weighted by atomic mass is 16.2. The Kier molecular flexibility index (Phi) is 8.21. The number of nitrogens with zero attached hydrogens (tertiary/aromatic N) is 2. The number of para-hydroxylation sites is 1. The minimum absolute atomic E-state index is 0.0400. The zero-order valence-electron chi connectivity index (χ0n) is 18.1. The topological polar surface area (TPSA) is 64.7 Å². The van der Waals surface area contributed by atoms with Crippen molar-refractivity contribution < 1.29 is 9.59 Å². The number of hydrogen-bond acceptors (Lipinski definition) is 4. The molecule has 0 unspecified atom stereocenters. The van der Waals surface area contributed by atoms with Gasteiger partial charge in [-0.15, -0.1) is 0 Å². The molecule has 2 rings (SSSR count). The molecule has 0 heterocycles. The maximum atomic E-state index is 12.3. The summed E-state index contributed by atoms with van der Waals surface area (Å²) in [7, 11) is 4.02. The molecule has 29 heavy (non-hydrogen) atoms. The Morgan fingerprint density at radius 3 is 2.10 bits per heavy atom. The smallest absolute Gasteiger partial charge is 0.243 e. The fourth-order valence-electron chi connectivity index (χ4n) is 3.07. The largest absolute Gasteiger partial charge is 0.378 e. The zero-order valence-corrected chi connectivity index (χ0v) is 18.1. The number of amides is 2. The molecule has 0 saturated heterocycles. The summed E-state index contributed by atoms with van der Waals surface area (Å²) in [6.45, 7) is 7.57. The van der Waals surface area contributed by atoms with Crippen molar-refractivity contribution in [2.45, 2.75) is 27.3 Å². The molecule has 0 saturated carbocycles. The highest BCUT2D eigenvalue weighted by Gasteiger charge is 2.12. The summed E-state index contributed by atoms with van der Waals surface area (Å²) in [5.74, 6) is -0.383. The SMILES string of the molecule is CCN(CC(=O)NCC(=O)Nc1c(C)cccc1C)Cc1ccc(N(C)C)cc1. The molecule has 2 N–H and O–H groups in total. The van der Waals surface area contributed by atoms with Crippen LogP contribution in [0.1, 0.15) is 23.6 Å². The third kappa shape index (κ3) is 6.91. The second-order valence-electron chi connectivity index (χ2n) is 7.46. The first-order valence-electron chi connectivity index (χ1n) is 9.91. The van der Waals surface area contributed by atoms with E-state index in [1.165, 1.54) is 0 Å². The molecule has 0 bridgehead atoms. The quantitative estimate of drug-likeness (QED) is 0.684. The van der Waals surface area contributed by atoms with Gasteiger partial charge in [0.05, 0.1) is 13.1 Å². The summed E-state index contributed by atoms with van der Waals surface area (Å²) in [4.78, 5) is 28.6. The van der Waals surface area contributed by atoms with Gasteiger partial charge in [0.2, 0.25) is 11.8 Å². The van der Waals surface area contributed by atoms with Gasteiger partial charge in [0.25, 0.3) is 0 Å². The predicted octanol–water partition coefficient (Wildman–Crippen LogP) is 2.95. The fourth-order valence-corrected chi connectivity index (χ4v) is 3.07. The molecule has 0 fully saturated rings. The van der Waals surface area contributed by atoms with Crippen LogP contribution in [-0.2, 0) is 16.1 Å². The molecular weight excluding hydrogens is 364 g/mol. The van der Waals surface area contributed by atoms with Gasteiger partial charge in [0.15, 0.2) is 0 Å². The van der Waals surface area contributed by atoms with Crippen molar-refractivity contribution >= 4 is 23.2 Å². The Labute approximate surface area is 173 Å². The molecule has 0 radical (unpaired) electrons. The average Bonchev–Trinajstić information content (AvgIpc) is 2.69. The molecule has 2 aromatic carbocycles. The molecule has 156 valence electrons. The fraction of sp³-hybridized carbons (Fsp3) is 0.391. The van der Waals surface area contributed by atoms with E-state index in [-0.39, 0.29) is 24.9 Å². The number of carbonyl (C=O) groups is 2. The molecular formula is C23H32N4O2. The Bertz CT molecular complexity index is 811. The molecule has 0 spiro atoms. The van der Waals surface area contributed by atoms with Crippen LogP contribution in [0, 0.1) is 13.8 Å². The normalized spacial score (nSPS) is 10.7. The Balaban J connectivity index is 1.82. The van der Waals surface area contributed by atoms with Crippen LogP contribution in [0.3, 0.4) is 0 Å². The number of nitrogens with one attached hydrogen (secondary N) is 2. The van der Waals surface area contributed by atoms with Gasteiger partial charge in [-0.2, -0.15) is 0 Å². The predicted molar refractivity (Wildman–Crippen MR) is 119 cm³/mol. The van der Waals surface area contributed by atoms with Crippen molar-refractivity contribution in [2.75, 3.05) is 43.9 Å². The van der Waals surface area contributed by atoms with Gasteiger partial charge >= 0.3 is 0 Å². The van der Waals surface area contributed by atoms with E-state index in [9.17, 15) is 9.59 Å². The van der Waals surface area contributed by atoms with Crippen LogP contribution < -0.4 is 15.5 Å². The van der Waals surface area contributed by atoms with Gasteiger partial charge in [0, 0.05) is 32.0 Å². The van der Waals surface area contributed by atoms with Gasteiger partial charge in [-0.05, 0) is 49.2 Å². The van der Waals surface area contributed by atoms with Crippen LogP contribution in [0.2, 0.25) is 0 Å². The van der Waals surface area contributed by atoms with Gasteiger partial charge in [0.1, 0.15) is 0 Å². The molecule has 0 aliphatic carbocycles. The van der Waals surface area contributed by atoms with E-state index >= 15 is 0 Å². The lowest BCUT2D eigenvalue weighted by Gasteiger charge is -2.20. The maximum Gasteiger partial charge on any atom is 0.243 e. The van der Waals surface area contributed by atoms with E-state index < -0.39 is 0 Å². The lowest BCUT2D eigenvalue weighted by Crippen LogP contribution is -2.40. The van der Waals surface area contributed by atoms with Crippen molar-refractivity contribution in [1.29, 1.82) is 0 Å². The minimum atomic E-state index is -0.224. The van der Waals surface area contributed by atoms with E-state index in [4.69, 9.17) is 0 Å². The van der Waals surface area contributed by atoms with E-state index in [1.807, 2.05) is 58.0 Å². The number of rotatable bonds is 9. The van der Waals surface area contributed by atoms with E-state index in [0.717, 1.165) is 34.6 Å². The average molecular weight is 397 g/mol. The summed E-state index contributed by atoms with van der Waals surface area (Å²) in [5.41, 5.74) is 5.11. The lowest BCUT2D eigenvalue weighted by molar-refractivity contribution is -0.125. The van der Waals surface area contributed by atoms with Gasteiger partial charge in [-0.3, -0.25) is 14.5 Å². The molecule has 6 nitrogen and oxygen atoms in total. The van der Waals surface area contributed by atoms with Crippen molar-refractivity contribution in [3.63, 3.8) is 0 Å². The highest BCUT2D eigenvalue weighted by Crippen LogP contribution is 2.19. The number of aryl methyl sites for hydroxylation is 2. The summed E-state index contributed by atoms with van der Waals surface area (Å²) < 4.78 is 0. The molecule has 2 aromatic rings. The second-order valence-corrected chi connectivity index (χ2v) is 7.46. The third-order valence-electron chi connectivity index (χ3n) is 4.87. The van der Waals surface area contributed by atoms with Crippen LogP contribution in [0.5, 0.6) is 0 Å². The summed E-state index contributed by atoms with van der Waals surface area (Å²) >= 11 is 0. The standard InChI is InChI=1S/C23H32N4O2/c1-6-27(15-19-10-12-20(13-11-19)26(4)5)16-22(29)24-14-21(28)25-23-17(2)8-7-9-18(23)3/h7-13H,6,14-16H2,1-5H3,(H,24,29)(H,25,28). The van der Waals surface area contributed by atoms with Crippen molar-refractivity contribution in [1.82, 2.24) is 10.2 Å². The number of benzene rings is 2. The summed E-state index contributed by atoms with van der Waals surface area (Å²) in [6, 6.07) is 14.1. The van der Waals surface area contributed by atoms with Crippen LogP contribution in [-0.4, -0.2) is 50.4 Å². The third-order valence-corrected chi connectivity index (χ3v) is 4.87. The molecule has 0 aromatic heterocycles. The van der Waals surface area contributed by atoms with E-state index in [1.54, 1.807) is 0 Å².